The zero-order valence-electron chi connectivity index (χ0n) is 13.0. The van der Waals surface area contributed by atoms with Crippen molar-refractivity contribution >= 4 is 17.6 Å². The summed E-state index contributed by atoms with van der Waals surface area (Å²) in [7, 11) is 0. The smallest absolute Gasteiger partial charge is 0.340 e. The Bertz CT molecular complexity index is 544. The molecule has 2 rings (SSSR count). The SMILES string of the molecule is CC(C)(C)OC(=O)c1ccccc1NC(=O)[C@@H]1COCCO1. The lowest BCUT2D eigenvalue weighted by Crippen LogP contribution is -2.39. The predicted molar refractivity (Wildman–Crippen MR) is 80.8 cm³/mol. The number of carbonyl (C=O) groups is 2. The molecule has 1 aliphatic heterocycles. The Hall–Kier alpha value is -1.92. The summed E-state index contributed by atoms with van der Waals surface area (Å²) in [6.07, 6.45) is -0.666. The molecule has 6 heteroatoms. The van der Waals surface area contributed by atoms with Crippen molar-refractivity contribution in [2.45, 2.75) is 32.5 Å². The van der Waals surface area contributed by atoms with E-state index in [0.29, 0.717) is 24.5 Å². The maximum Gasteiger partial charge on any atom is 0.340 e. The molecule has 1 N–H and O–H groups in total. The fraction of sp³-hybridized carbons (Fsp3) is 0.500. The summed E-state index contributed by atoms with van der Waals surface area (Å²) in [4.78, 5) is 24.4. The molecule has 1 aromatic carbocycles. The van der Waals surface area contributed by atoms with Crippen LogP contribution in [0.1, 0.15) is 31.1 Å². The van der Waals surface area contributed by atoms with E-state index in [1.807, 2.05) is 0 Å². The van der Waals surface area contributed by atoms with Gasteiger partial charge in [-0.05, 0) is 32.9 Å². The Morgan fingerprint density at radius 1 is 1.23 bits per heavy atom. The third kappa shape index (κ3) is 4.54. The number of ether oxygens (including phenoxy) is 3. The van der Waals surface area contributed by atoms with Crippen LogP contribution in [0.5, 0.6) is 0 Å². The van der Waals surface area contributed by atoms with Gasteiger partial charge in [0.2, 0.25) is 0 Å². The van der Waals surface area contributed by atoms with E-state index in [1.54, 1.807) is 45.0 Å². The molecule has 1 saturated heterocycles. The predicted octanol–water partition coefficient (Wildman–Crippen LogP) is 2.00. The molecule has 1 aliphatic rings. The molecule has 0 spiro atoms. The van der Waals surface area contributed by atoms with Crippen molar-refractivity contribution in [2.75, 3.05) is 25.1 Å². The Balaban J connectivity index is 2.10. The maximum atomic E-state index is 12.2. The molecule has 0 bridgehead atoms. The molecule has 22 heavy (non-hydrogen) atoms. The molecular formula is C16H21NO5. The standard InChI is InChI=1S/C16H21NO5/c1-16(2,3)22-15(19)11-6-4-5-7-12(11)17-14(18)13-10-20-8-9-21-13/h4-7,13H,8-10H2,1-3H3,(H,17,18)/t13-/m0/s1. The van der Waals surface area contributed by atoms with E-state index in [0.717, 1.165) is 0 Å². The summed E-state index contributed by atoms with van der Waals surface area (Å²) in [6.45, 7) is 6.45. The number of hydrogen-bond acceptors (Lipinski definition) is 5. The molecule has 0 unspecified atom stereocenters. The average molecular weight is 307 g/mol. The molecule has 6 nitrogen and oxygen atoms in total. The van der Waals surface area contributed by atoms with Gasteiger partial charge in [0, 0.05) is 0 Å². The van der Waals surface area contributed by atoms with Crippen LogP contribution in [0, 0.1) is 0 Å². The second kappa shape index (κ2) is 6.89. The van der Waals surface area contributed by atoms with Crippen molar-refractivity contribution < 1.29 is 23.8 Å². The van der Waals surface area contributed by atoms with Crippen molar-refractivity contribution in [3.05, 3.63) is 29.8 Å². The highest BCUT2D eigenvalue weighted by atomic mass is 16.6. The van der Waals surface area contributed by atoms with E-state index < -0.39 is 17.7 Å². The lowest BCUT2D eigenvalue weighted by molar-refractivity contribution is -0.142. The van der Waals surface area contributed by atoms with Crippen LogP contribution in [-0.2, 0) is 19.0 Å². The van der Waals surface area contributed by atoms with E-state index in [2.05, 4.69) is 5.32 Å². The first-order chi connectivity index (χ1) is 10.4. The molecule has 0 aromatic heterocycles. The molecule has 1 heterocycles. The van der Waals surface area contributed by atoms with Crippen LogP contribution in [0.4, 0.5) is 5.69 Å². The molecule has 1 amide bonds. The van der Waals surface area contributed by atoms with Crippen LogP contribution in [0.25, 0.3) is 0 Å². The average Bonchev–Trinajstić information content (AvgIpc) is 2.47. The summed E-state index contributed by atoms with van der Waals surface area (Å²) in [5.74, 6) is -0.820. The van der Waals surface area contributed by atoms with E-state index in [-0.39, 0.29) is 12.5 Å². The van der Waals surface area contributed by atoms with Gasteiger partial charge in [-0.15, -0.1) is 0 Å². The van der Waals surface area contributed by atoms with Crippen LogP contribution in [-0.4, -0.2) is 43.4 Å². The zero-order chi connectivity index (χ0) is 16.2. The topological polar surface area (TPSA) is 73.9 Å². The van der Waals surface area contributed by atoms with Gasteiger partial charge >= 0.3 is 5.97 Å². The second-order valence-electron chi connectivity index (χ2n) is 5.97. The lowest BCUT2D eigenvalue weighted by Gasteiger charge is -2.23. The summed E-state index contributed by atoms with van der Waals surface area (Å²) < 4.78 is 15.9. The number of rotatable bonds is 3. The van der Waals surface area contributed by atoms with Crippen molar-refractivity contribution in [1.82, 2.24) is 0 Å². The number of anilines is 1. The first kappa shape index (κ1) is 16.5. The Labute approximate surface area is 129 Å². The maximum absolute atomic E-state index is 12.2. The van der Waals surface area contributed by atoms with Crippen LogP contribution in [0.15, 0.2) is 24.3 Å². The van der Waals surface area contributed by atoms with Crippen molar-refractivity contribution in [3.63, 3.8) is 0 Å². The quantitative estimate of drug-likeness (QED) is 0.865. The first-order valence-corrected chi connectivity index (χ1v) is 7.19. The fourth-order valence-electron chi connectivity index (χ4n) is 1.96. The molecule has 120 valence electrons. The van der Waals surface area contributed by atoms with E-state index in [9.17, 15) is 9.59 Å². The second-order valence-corrected chi connectivity index (χ2v) is 5.97. The monoisotopic (exact) mass is 307 g/mol. The molecule has 1 aromatic rings. The number of benzene rings is 1. The van der Waals surface area contributed by atoms with Gasteiger partial charge in [-0.2, -0.15) is 0 Å². The third-order valence-corrected chi connectivity index (χ3v) is 2.91. The lowest BCUT2D eigenvalue weighted by atomic mass is 10.1. The molecule has 0 radical (unpaired) electrons. The minimum absolute atomic E-state index is 0.209. The summed E-state index contributed by atoms with van der Waals surface area (Å²) in [5.41, 5.74) is 0.104. The van der Waals surface area contributed by atoms with Gasteiger partial charge in [0.1, 0.15) is 5.60 Å². The van der Waals surface area contributed by atoms with Crippen molar-refractivity contribution in [3.8, 4) is 0 Å². The van der Waals surface area contributed by atoms with E-state index in [4.69, 9.17) is 14.2 Å². The van der Waals surface area contributed by atoms with Gasteiger partial charge < -0.3 is 19.5 Å². The molecule has 0 aliphatic carbocycles. The van der Waals surface area contributed by atoms with Crippen LogP contribution >= 0.6 is 0 Å². The first-order valence-electron chi connectivity index (χ1n) is 7.19. The highest BCUT2D eigenvalue weighted by Gasteiger charge is 2.25. The minimum Gasteiger partial charge on any atom is -0.456 e. The number of amides is 1. The minimum atomic E-state index is -0.666. The molecule has 1 fully saturated rings. The molecular weight excluding hydrogens is 286 g/mol. The van der Waals surface area contributed by atoms with Crippen molar-refractivity contribution in [2.24, 2.45) is 0 Å². The fourth-order valence-corrected chi connectivity index (χ4v) is 1.96. The summed E-state index contributed by atoms with van der Waals surface area (Å²) >= 11 is 0. The summed E-state index contributed by atoms with van der Waals surface area (Å²) in [5, 5.41) is 2.70. The number of para-hydroxylation sites is 1. The summed E-state index contributed by atoms with van der Waals surface area (Å²) in [6, 6.07) is 6.72. The van der Waals surface area contributed by atoms with Gasteiger partial charge in [-0.25, -0.2) is 4.79 Å². The Morgan fingerprint density at radius 3 is 2.59 bits per heavy atom. The highest BCUT2D eigenvalue weighted by Crippen LogP contribution is 2.20. The van der Waals surface area contributed by atoms with Crippen LogP contribution < -0.4 is 5.32 Å². The van der Waals surface area contributed by atoms with Gasteiger partial charge in [-0.3, -0.25) is 4.79 Å². The van der Waals surface area contributed by atoms with Crippen molar-refractivity contribution in [1.29, 1.82) is 0 Å². The van der Waals surface area contributed by atoms with Crippen LogP contribution in [0.2, 0.25) is 0 Å². The van der Waals surface area contributed by atoms with Gasteiger partial charge in [0.05, 0.1) is 31.1 Å². The number of nitrogens with one attached hydrogen (secondary N) is 1. The number of carbonyl (C=O) groups excluding carboxylic acids is 2. The number of esters is 1. The van der Waals surface area contributed by atoms with Crippen LogP contribution in [0.3, 0.4) is 0 Å². The van der Waals surface area contributed by atoms with E-state index >= 15 is 0 Å². The van der Waals surface area contributed by atoms with E-state index in [1.165, 1.54) is 0 Å². The van der Waals surface area contributed by atoms with Gasteiger partial charge in [0.15, 0.2) is 6.10 Å². The number of hydrogen-bond donors (Lipinski definition) is 1. The molecule has 0 saturated carbocycles. The normalized spacial score (nSPS) is 18.6. The zero-order valence-corrected chi connectivity index (χ0v) is 13.0. The van der Waals surface area contributed by atoms with Gasteiger partial charge in [-0.1, -0.05) is 12.1 Å². The third-order valence-electron chi connectivity index (χ3n) is 2.91. The Kier molecular flexibility index (Phi) is 5.15. The largest absolute Gasteiger partial charge is 0.456 e. The Morgan fingerprint density at radius 2 is 1.95 bits per heavy atom. The molecule has 1 atom stereocenters. The van der Waals surface area contributed by atoms with Gasteiger partial charge in [0.25, 0.3) is 5.91 Å². The highest BCUT2D eigenvalue weighted by molar-refractivity contribution is 6.02.